The Kier molecular flexibility index (Phi) is 1.63. The average molecular weight is 159 g/mol. The van der Waals surface area contributed by atoms with Gasteiger partial charge < -0.3 is 5.73 Å². The van der Waals surface area contributed by atoms with E-state index in [-0.39, 0.29) is 0 Å². The number of nitrogens with zero attached hydrogens (tertiary/aromatic N) is 2. The first-order valence-corrected chi connectivity index (χ1v) is 3.81. The van der Waals surface area contributed by atoms with Crippen LogP contribution in [0.2, 0.25) is 0 Å². The zero-order valence-electron chi connectivity index (χ0n) is 6.57. The number of anilines is 1. The molecule has 60 valence electrons. The van der Waals surface area contributed by atoms with Crippen LogP contribution in [-0.4, -0.2) is 11.2 Å². The van der Waals surface area contributed by atoms with Crippen molar-refractivity contribution in [2.75, 3.05) is 5.73 Å². The lowest BCUT2D eigenvalue weighted by molar-refractivity contribution is 1.32. The highest BCUT2D eigenvalue weighted by molar-refractivity contribution is 5.81. The second kappa shape index (κ2) is 2.77. The van der Waals surface area contributed by atoms with E-state index >= 15 is 0 Å². The van der Waals surface area contributed by atoms with Crippen molar-refractivity contribution in [2.45, 2.75) is 6.42 Å². The Labute approximate surface area is 70.7 Å². The number of nitrogens with two attached hydrogens (primary N) is 1. The highest BCUT2D eigenvalue weighted by atomic mass is 14.8. The Hall–Kier alpha value is -1.64. The minimum Gasteiger partial charge on any atom is -0.384 e. The fraction of sp³-hybridized carbons (Fsp3) is 0.111. The molecule has 1 aliphatic heterocycles. The zero-order chi connectivity index (χ0) is 8.39. The second-order valence-electron chi connectivity index (χ2n) is 2.61. The van der Waals surface area contributed by atoms with Gasteiger partial charge in [-0.05, 0) is 12.1 Å². The third-order valence-corrected chi connectivity index (χ3v) is 1.72. The van der Waals surface area contributed by atoms with Crippen molar-refractivity contribution < 1.29 is 0 Å². The quantitative estimate of drug-likeness (QED) is 0.674. The lowest BCUT2D eigenvalue weighted by Crippen LogP contribution is -1.90. The van der Waals surface area contributed by atoms with Crippen LogP contribution in [0, 0.1) is 0 Å². The molecule has 0 saturated heterocycles. The fourth-order valence-corrected chi connectivity index (χ4v) is 1.17. The smallest absolute Gasteiger partial charge is 0.123 e. The first-order valence-electron chi connectivity index (χ1n) is 3.81. The standard InChI is InChI=1S/C9H9N3/c10-9-6-7(3-5-12-9)8-2-1-4-11-8/h2-6H,1H2,(H2,10,12). The summed E-state index contributed by atoms with van der Waals surface area (Å²) < 4.78 is 0. The number of pyridine rings is 1. The molecule has 0 amide bonds. The Morgan fingerprint density at radius 2 is 2.33 bits per heavy atom. The van der Waals surface area contributed by atoms with Crippen molar-refractivity contribution in [3.8, 4) is 0 Å². The molecule has 1 aromatic rings. The van der Waals surface area contributed by atoms with Crippen molar-refractivity contribution in [1.82, 2.24) is 4.98 Å². The molecule has 12 heavy (non-hydrogen) atoms. The van der Waals surface area contributed by atoms with E-state index in [2.05, 4.69) is 16.1 Å². The van der Waals surface area contributed by atoms with E-state index < -0.39 is 0 Å². The van der Waals surface area contributed by atoms with Crippen LogP contribution in [0.15, 0.2) is 29.4 Å². The Bertz CT molecular complexity index is 353. The number of rotatable bonds is 1. The molecule has 0 radical (unpaired) electrons. The maximum Gasteiger partial charge on any atom is 0.123 e. The van der Waals surface area contributed by atoms with Crippen molar-refractivity contribution in [2.24, 2.45) is 4.99 Å². The number of hydrogen-bond donors (Lipinski definition) is 1. The molecule has 0 saturated carbocycles. The average Bonchev–Trinajstić information content (AvgIpc) is 2.56. The van der Waals surface area contributed by atoms with Crippen molar-refractivity contribution in [1.29, 1.82) is 0 Å². The molecule has 1 aromatic heterocycles. The van der Waals surface area contributed by atoms with E-state index in [0.29, 0.717) is 5.82 Å². The molecule has 0 aliphatic carbocycles. The molecule has 3 nitrogen and oxygen atoms in total. The van der Waals surface area contributed by atoms with Gasteiger partial charge in [0.05, 0.1) is 5.70 Å². The van der Waals surface area contributed by atoms with Gasteiger partial charge in [-0.2, -0.15) is 0 Å². The summed E-state index contributed by atoms with van der Waals surface area (Å²) in [6, 6.07) is 3.74. The zero-order valence-corrected chi connectivity index (χ0v) is 6.57. The molecule has 2 rings (SSSR count). The number of nitrogen functional groups attached to an aromatic ring is 1. The van der Waals surface area contributed by atoms with Gasteiger partial charge in [0.1, 0.15) is 5.82 Å². The number of allylic oxidation sites excluding steroid dienone is 1. The summed E-state index contributed by atoms with van der Waals surface area (Å²) in [6.07, 6.45) is 6.55. The van der Waals surface area contributed by atoms with Gasteiger partial charge in [0.2, 0.25) is 0 Å². The molecule has 2 N–H and O–H groups in total. The first-order chi connectivity index (χ1) is 5.86. The summed E-state index contributed by atoms with van der Waals surface area (Å²) in [5.74, 6) is 0.538. The summed E-state index contributed by atoms with van der Waals surface area (Å²) >= 11 is 0. The molecule has 0 atom stereocenters. The molecular weight excluding hydrogens is 150 g/mol. The van der Waals surface area contributed by atoms with Crippen LogP contribution in [0.5, 0.6) is 0 Å². The van der Waals surface area contributed by atoms with E-state index in [1.54, 1.807) is 6.20 Å². The summed E-state index contributed by atoms with van der Waals surface area (Å²) in [5.41, 5.74) is 7.56. The first kappa shape index (κ1) is 7.03. The molecule has 0 aromatic carbocycles. The maximum absolute atomic E-state index is 5.54. The van der Waals surface area contributed by atoms with Crippen LogP contribution < -0.4 is 5.73 Å². The highest BCUT2D eigenvalue weighted by Gasteiger charge is 2.02. The third-order valence-electron chi connectivity index (χ3n) is 1.72. The molecule has 2 heterocycles. The molecular formula is C9H9N3. The largest absolute Gasteiger partial charge is 0.384 e. The van der Waals surface area contributed by atoms with E-state index in [4.69, 9.17) is 5.73 Å². The Morgan fingerprint density at radius 3 is 3.00 bits per heavy atom. The minimum atomic E-state index is 0.538. The van der Waals surface area contributed by atoms with Crippen LogP contribution in [0.1, 0.15) is 12.0 Å². The molecule has 0 spiro atoms. The summed E-state index contributed by atoms with van der Waals surface area (Å²) in [5, 5.41) is 0. The van der Waals surface area contributed by atoms with Crippen LogP contribution in [0.4, 0.5) is 5.82 Å². The van der Waals surface area contributed by atoms with Crippen LogP contribution in [0.3, 0.4) is 0 Å². The highest BCUT2D eigenvalue weighted by Crippen LogP contribution is 2.19. The molecule has 0 bridgehead atoms. The number of aliphatic imine (C=N–C) groups is 1. The van der Waals surface area contributed by atoms with E-state index in [9.17, 15) is 0 Å². The van der Waals surface area contributed by atoms with E-state index in [1.807, 2.05) is 18.3 Å². The van der Waals surface area contributed by atoms with Crippen molar-refractivity contribution in [3.05, 3.63) is 30.0 Å². The molecule has 1 aliphatic rings. The normalized spacial score (nSPS) is 14.8. The SMILES string of the molecule is Nc1cc(C2=CCC=N2)ccn1. The summed E-state index contributed by atoms with van der Waals surface area (Å²) in [7, 11) is 0. The molecule has 0 fully saturated rings. The second-order valence-corrected chi connectivity index (χ2v) is 2.61. The van der Waals surface area contributed by atoms with Crippen molar-refractivity contribution in [3.63, 3.8) is 0 Å². The third kappa shape index (κ3) is 1.21. The van der Waals surface area contributed by atoms with Gasteiger partial charge in [0, 0.05) is 24.4 Å². The number of hydrogen-bond acceptors (Lipinski definition) is 3. The fourth-order valence-electron chi connectivity index (χ4n) is 1.17. The van der Waals surface area contributed by atoms with Gasteiger partial charge in [-0.1, -0.05) is 6.08 Å². The van der Waals surface area contributed by atoms with Gasteiger partial charge >= 0.3 is 0 Å². The Morgan fingerprint density at radius 1 is 1.42 bits per heavy atom. The predicted molar refractivity (Wildman–Crippen MR) is 49.7 cm³/mol. The Balaban J connectivity index is 2.40. The molecule has 0 unspecified atom stereocenters. The topological polar surface area (TPSA) is 51.3 Å². The van der Waals surface area contributed by atoms with Gasteiger partial charge in [0.25, 0.3) is 0 Å². The van der Waals surface area contributed by atoms with Gasteiger partial charge in [-0.25, -0.2) is 4.98 Å². The summed E-state index contributed by atoms with van der Waals surface area (Å²) in [6.45, 7) is 0. The maximum atomic E-state index is 5.54. The van der Waals surface area contributed by atoms with Crippen LogP contribution in [0.25, 0.3) is 5.70 Å². The lowest BCUT2D eigenvalue weighted by Gasteiger charge is -1.98. The van der Waals surface area contributed by atoms with Gasteiger partial charge in [-0.3, -0.25) is 4.99 Å². The van der Waals surface area contributed by atoms with E-state index in [1.165, 1.54) is 0 Å². The predicted octanol–water partition coefficient (Wildman–Crippen LogP) is 1.48. The van der Waals surface area contributed by atoms with Gasteiger partial charge in [0.15, 0.2) is 0 Å². The van der Waals surface area contributed by atoms with Crippen LogP contribution >= 0.6 is 0 Å². The monoisotopic (exact) mass is 159 g/mol. The minimum absolute atomic E-state index is 0.538. The van der Waals surface area contributed by atoms with E-state index in [0.717, 1.165) is 17.7 Å². The van der Waals surface area contributed by atoms with Gasteiger partial charge in [-0.15, -0.1) is 0 Å². The number of aromatic nitrogens is 1. The van der Waals surface area contributed by atoms with Crippen molar-refractivity contribution >= 4 is 17.7 Å². The summed E-state index contributed by atoms with van der Waals surface area (Å²) in [4.78, 5) is 8.11. The lowest BCUT2D eigenvalue weighted by atomic mass is 10.2. The van der Waals surface area contributed by atoms with Crippen LogP contribution in [-0.2, 0) is 0 Å². The molecule has 3 heteroatoms.